The summed E-state index contributed by atoms with van der Waals surface area (Å²) in [6.07, 6.45) is 2.22. The van der Waals surface area contributed by atoms with E-state index in [0.29, 0.717) is 32.4 Å². The largest absolute Gasteiger partial charge is 0.326 e. The van der Waals surface area contributed by atoms with Gasteiger partial charge in [-0.1, -0.05) is 13.3 Å². The van der Waals surface area contributed by atoms with Gasteiger partial charge in [-0.2, -0.15) is 0 Å². The number of sulfonamides is 1. The second-order valence-corrected chi connectivity index (χ2v) is 9.25. The molecule has 1 aliphatic heterocycles. The molecule has 2 rings (SSSR count). The third kappa shape index (κ3) is 5.33. The number of unbranched alkanes of at least 4 members (excludes halogenated alkanes) is 1. The molecule has 0 atom stereocenters. The molecule has 1 heterocycles. The zero-order chi connectivity index (χ0) is 18.6. The van der Waals surface area contributed by atoms with Gasteiger partial charge in [-0.05, 0) is 54.0 Å². The number of benzene rings is 1. The Morgan fingerprint density at radius 2 is 1.84 bits per heavy atom. The van der Waals surface area contributed by atoms with Crippen LogP contribution in [-0.2, 0) is 14.8 Å². The molecular formula is C16H21F2IN2O3S. The van der Waals surface area contributed by atoms with Gasteiger partial charge in [0.25, 0.3) is 0 Å². The van der Waals surface area contributed by atoms with E-state index in [-0.39, 0.29) is 26.8 Å². The Hall–Kier alpha value is -0.810. The maximum absolute atomic E-state index is 13.5. The second kappa shape index (κ2) is 8.72. The van der Waals surface area contributed by atoms with E-state index in [1.165, 1.54) is 4.31 Å². The fraction of sp³-hybridized carbons (Fsp3) is 0.562. The van der Waals surface area contributed by atoms with Crippen LogP contribution in [0.1, 0.15) is 32.6 Å². The van der Waals surface area contributed by atoms with Crippen molar-refractivity contribution in [1.82, 2.24) is 4.31 Å². The van der Waals surface area contributed by atoms with Crippen molar-refractivity contribution in [2.24, 2.45) is 5.92 Å². The zero-order valence-electron chi connectivity index (χ0n) is 13.9. The van der Waals surface area contributed by atoms with Gasteiger partial charge in [0, 0.05) is 24.7 Å². The molecule has 1 aliphatic rings. The zero-order valence-corrected chi connectivity index (χ0v) is 16.9. The highest BCUT2D eigenvalue weighted by Gasteiger charge is 2.30. The number of nitrogens with one attached hydrogen (secondary N) is 1. The summed E-state index contributed by atoms with van der Waals surface area (Å²) in [4.78, 5) is 12.3. The van der Waals surface area contributed by atoms with Gasteiger partial charge in [0.05, 0.1) is 9.32 Å². The first kappa shape index (κ1) is 20.5. The van der Waals surface area contributed by atoms with Gasteiger partial charge in [0.2, 0.25) is 15.9 Å². The molecule has 5 nitrogen and oxygen atoms in total. The maximum Gasteiger partial charge on any atom is 0.227 e. The molecule has 140 valence electrons. The van der Waals surface area contributed by atoms with E-state index < -0.39 is 21.7 Å². The molecule has 0 radical (unpaired) electrons. The van der Waals surface area contributed by atoms with E-state index in [4.69, 9.17) is 0 Å². The number of hydrogen-bond acceptors (Lipinski definition) is 3. The summed E-state index contributed by atoms with van der Waals surface area (Å²) in [6.45, 7) is 2.52. The van der Waals surface area contributed by atoms with Gasteiger partial charge in [-0.15, -0.1) is 0 Å². The minimum Gasteiger partial charge on any atom is -0.326 e. The van der Waals surface area contributed by atoms with E-state index in [9.17, 15) is 22.0 Å². The molecule has 1 aromatic carbocycles. The van der Waals surface area contributed by atoms with E-state index >= 15 is 0 Å². The van der Waals surface area contributed by atoms with Crippen molar-refractivity contribution < 1.29 is 22.0 Å². The Kier molecular flexibility index (Phi) is 7.15. The quantitative estimate of drug-likeness (QED) is 0.496. The molecule has 0 bridgehead atoms. The smallest absolute Gasteiger partial charge is 0.227 e. The average Bonchev–Trinajstić information content (AvgIpc) is 2.58. The summed E-state index contributed by atoms with van der Waals surface area (Å²) in [5.74, 6) is -2.05. The van der Waals surface area contributed by atoms with Crippen LogP contribution in [0.15, 0.2) is 12.1 Å². The van der Waals surface area contributed by atoms with Crippen LogP contribution in [0.3, 0.4) is 0 Å². The van der Waals surface area contributed by atoms with Gasteiger partial charge in [-0.3, -0.25) is 4.79 Å². The number of carbonyl (C=O) groups excluding carboxylic acids is 1. The first-order valence-electron chi connectivity index (χ1n) is 8.18. The molecule has 1 N–H and O–H groups in total. The number of amides is 1. The molecule has 1 saturated heterocycles. The molecule has 1 fully saturated rings. The third-order valence-corrected chi connectivity index (χ3v) is 7.21. The summed E-state index contributed by atoms with van der Waals surface area (Å²) < 4.78 is 52.7. The van der Waals surface area contributed by atoms with Crippen molar-refractivity contribution in [3.8, 4) is 0 Å². The number of carbonyl (C=O) groups is 1. The highest BCUT2D eigenvalue weighted by Crippen LogP contribution is 2.24. The lowest BCUT2D eigenvalue weighted by molar-refractivity contribution is -0.120. The third-order valence-electron chi connectivity index (χ3n) is 4.23. The summed E-state index contributed by atoms with van der Waals surface area (Å²) in [5.41, 5.74) is 0.0680. The van der Waals surface area contributed by atoms with Crippen molar-refractivity contribution in [1.29, 1.82) is 0 Å². The minimum atomic E-state index is -3.27. The molecule has 25 heavy (non-hydrogen) atoms. The SMILES string of the molecule is CCCCS(=O)(=O)N1CCC(C(=O)Nc2cc(F)c(I)c(F)c2)CC1. The van der Waals surface area contributed by atoms with Gasteiger partial charge >= 0.3 is 0 Å². The number of rotatable bonds is 6. The van der Waals surface area contributed by atoms with Crippen molar-refractivity contribution in [3.63, 3.8) is 0 Å². The maximum atomic E-state index is 13.5. The molecule has 0 aromatic heterocycles. The standard InChI is InChI=1S/C16H21F2IN2O3S/c1-2-3-8-25(23,24)21-6-4-11(5-7-21)16(22)20-12-9-13(17)15(19)14(18)10-12/h9-11H,2-8H2,1H3,(H,20,22). The highest BCUT2D eigenvalue weighted by molar-refractivity contribution is 14.1. The Morgan fingerprint density at radius 3 is 2.36 bits per heavy atom. The molecule has 9 heteroatoms. The monoisotopic (exact) mass is 486 g/mol. The van der Waals surface area contributed by atoms with Gasteiger partial charge in [0.15, 0.2) is 0 Å². The van der Waals surface area contributed by atoms with Crippen LogP contribution in [0.4, 0.5) is 14.5 Å². The molecule has 1 aromatic rings. The Labute approximate surface area is 160 Å². The highest BCUT2D eigenvalue weighted by atomic mass is 127. The Bertz CT molecular complexity index is 712. The lowest BCUT2D eigenvalue weighted by Gasteiger charge is -2.30. The van der Waals surface area contributed by atoms with E-state index in [2.05, 4.69) is 5.32 Å². The number of nitrogens with zero attached hydrogens (tertiary/aromatic N) is 1. The van der Waals surface area contributed by atoms with Gasteiger partial charge < -0.3 is 5.32 Å². The Morgan fingerprint density at radius 1 is 1.28 bits per heavy atom. The minimum absolute atomic E-state index is 0.0680. The fourth-order valence-electron chi connectivity index (χ4n) is 2.72. The first-order valence-corrected chi connectivity index (χ1v) is 10.9. The molecule has 1 amide bonds. The second-order valence-electron chi connectivity index (χ2n) is 6.09. The normalized spacial score (nSPS) is 16.8. The molecular weight excluding hydrogens is 465 g/mol. The molecule has 0 unspecified atom stereocenters. The van der Waals surface area contributed by atoms with Crippen LogP contribution in [0, 0.1) is 21.1 Å². The van der Waals surface area contributed by atoms with Crippen LogP contribution in [0.25, 0.3) is 0 Å². The van der Waals surface area contributed by atoms with Gasteiger partial charge in [-0.25, -0.2) is 21.5 Å². The van der Waals surface area contributed by atoms with Crippen molar-refractivity contribution in [3.05, 3.63) is 27.3 Å². The fourth-order valence-corrected chi connectivity index (χ4v) is 4.71. The number of halogens is 3. The number of hydrogen-bond donors (Lipinski definition) is 1. The van der Waals surface area contributed by atoms with Gasteiger partial charge in [0.1, 0.15) is 11.6 Å². The number of anilines is 1. The lowest BCUT2D eigenvalue weighted by atomic mass is 9.97. The topological polar surface area (TPSA) is 66.5 Å². The van der Waals surface area contributed by atoms with Crippen molar-refractivity contribution in [2.45, 2.75) is 32.6 Å². The first-order chi connectivity index (χ1) is 11.7. The van der Waals surface area contributed by atoms with Crippen LogP contribution in [0.2, 0.25) is 0 Å². The predicted molar refractivity (Wildman–Crippen MR) is 101 cm³/mol. The van der Waals surface area contributed by atoms with Crippen molar-refractivity contribution in [2.75, 3.05) is 24.2 Å². The summed E-state index contributed by atoms with van der Waals surface area (Å²) in [5, 5.41) is 2.52. The Balaban J connectivity index is 1.93. The van der Waals surface area contributed by atoms with Crippen molar-refractivity contribution >= 4 is 44.2 Å². The van der Waals surface area contributed by atoms with E-state index in [1.807, 2.05) is 6.92 Å². The average molecular weight is 486 g/mol. The van der Waals surface area contributed by atoms with Crippen LogP contribution < -0.4 is 5.32 Å². The van der Waals surface area contributed by atoms with Crippen LogP contribution in [-0.4, -0.2) is 37.5 Å². The van der Waals surface area contributed by atoms with Crippen LogP contribution >= 0.6 is 22.6 Å². The summed E-state index contributed by atoms with van der Waals surface area (Å²) in [7, 11) is -3.27. The van der Waals surface area contributed by atoms with Crippen LogP contribution in [0.5, 0.6) is 0 Å². The van der Waals surface area contributed by atoms with E-state index in [0.717, 1.165) is 18.6 Å². The number of piperidine rings is 1. The predicted octanol–water partition coefficient (Wildman–Crippen LogP) is 3.35. The lowest BCUT2D eigenvalue weighted by Crippen LogP contribution is -2.42. The summed E-state index contributed by atoms with van der Waals surface area (Å²) in [6, 6.07) is 2.15. The molecule has 0 saturated carbocycles. The summed E-state index contributed by atoms with van der Waals surface area (Å²) >= 11 is 1.56. The molecule has 0 aliphatic carbocycles. The molecule has 0 spiro atoms. The van der Waals surface area contributed by atoms with E-state index in [1.54, 1.807) is 22.6 Å².